The first-order valence-electron chi connectivity index (χ1n) is 2.31. The molecule has 1 saturated carbocycles. The number of alkyl halides is 4. The molecule has 0 radical (unpaired) electrons. The molecule has 0 aromatic carbocycles. The van der Waals surface area contributed by atoms with Crippen LogP contribution in [0.25, 0.3) is 0 Å². The van der Waals surface area contributed by atoms with Gasteiger partial charge >= 0.3 is 5.92 Å². The maximum absolute atomic E-state index is 12.1. The van der Waals surface area contributed by atoms with E-state index in [4.69, 9.17) is 5.11 Å². The molecular weight excluding hydrogens is 156 g/mol. The Hall–Kier alpha value is 0.0400. The highest BCUT2D eigenvalue weighted by Crippen LogP contribution is 2.52. The largest absolute Gasteiger partial charge is 0.386 e. The van der Waals surface area contributed by atoms with Crippen molar-refractivity contribution in [3.05, 3.63) is 0 Å². The first kappa shape index (κ1) is 7.15. The number of hydrogen-bond donors (Lipinski definition) is 1. The quantitative estimate of drug-likeness (QED) is 0.530. The molecule has 0 amide bonds. The fraction of sp³-hybridized carbons (Fsp3) is 1.00. The first-order chi connectivity index (χ1) is 3.88. The molecule has 0 saturated heterocycles. The number of aliphatic hydroxyl groups excluding tert-OH is 1. The average Bonchev–Trinajstić information content (AvgIpc) is 1.65. The van der Waals surface area contributed by atoms with Crippen molar-refractivity contribution < 1.29 is 18.3 Å². The van der Waals surface area contributed by atoms with Gasteiger partial charge in [-0.3, -0.25) is 0 Å². The number of hydrogen-bond acceptors (Lipinski definition) is 1. The molecule has 0 aromatic rings. The zero-order valence-corrected chi connectivity index (χ0v) is 5.00. The third-order valence-electron chi connectivity index (χ3n) is 1.36. The highest BCUT2D eigenvalue weighted by Gasteiger charge is 2.69. The van der Waals surface area contributed by atoms with Gasteiger partial charge in [-0.05, 0) is 0 Å². The van der Waals surface area contributed by atoms with Crippen molar-refractivity contribution in [3.63, 3.8) is 0 Å². The van der Waals surface area contributed by atoms with E-state index in [1.807, 2.05) is 0 Å². The molecule has 1 rings (SSSR count). The van der Waals surface area contributed by atoms with Crippen LogP contribution in [-0.2, 0) is 0 Å². The summed E-state index contributed by atoms with van der Waals surface area (Å²) in [5, 5.41) is 5.22. The van der Waals surface area contributed by atoms with Crippen LogP contribution in [0.15, 0.2) is 0 Å². The summed E-state index contributed by atoms with van der Waals surface area (Å²) in [5.74, 6) is -3.77. The van der Waals surface area contributed by atoms with Gasteiger partial charge in [0, 0.05) is 6.42 Å². The summed E-state index contributed by atoms with van der Waals surface area (Å²) < 4.78 is 36.0. The molecule has 0 heterocycles. The van der Waals surface area contributed by atoms with Crippen molar-refractivity contribution in [1.29, 1.82) is 0 Å². The van der Waals surface area contributed by atoms with Gasteiger partial charge in [-0.1, -0.05) is 11.6 Å². The molecule has 0 aliphatic heterocycles. The molecule has 1 aliphatic rings. The second-order valence-electron chi connectivity index (χ2n) is 2.05. The van der Waals surface area contributed by atoms with Gasteiger partial charge in [0.2, 0.25) is 0 Å². The monoisotopic (exact) mass is 160 g/mol. The van der Waals surface area contributed by atoms with Crippen LogP contribution in [0.5, 0.6) is 0 Å². The zero-order valence-electron chi connectivity index (χ0n) is 4.24. The van der Waals surface area contributed by atoms with E-state index in [1.54, 1.807) is 0 Å². The van der Waals surface area contributed by atoms with Gasteiger partial charge in [-0.2, -0.15) is 8.78 Å². The van der Waals surface area contributed by atoms with E-state index in [-0.39, 0.29) is 0 Å². The summed E-state index contributed by atoms with van der Waals surface area (Å²) in [6.45, 7) is 0. The fourth-order valence-corrected chi connectivity index (χ4v) is 0.892. The molecular formula is C4H4ClF3O. The van der Waals surface area contributed by atoms with Crippen LogP contribution < -0.4 is 0 Å². The van der Waals surface area contributed by atoms with Crippen molar-refractivity contribution in [2.24, 2.45) is 0 Å². The lowest BCUT2D eigenvalue weighted by molar-refractivity contribution is -0.245. The predicted octanol–water partition coefficient (Wildman–Crippen LogP) is 1.29. The molecule has 1 N–H and O–H groups in total. The van der Waals surface area contributed by atoms with Gasteiger partial charge in [0.15, 0.2) is 0 Å². The normalized spacial score (nSPS) is 48.3. The third kappa shape index (κ3) is 0.730. The molecule has 1 nitrogen and oxygen atoms in total. The molecule has 0 spiro atoms. The van der Waals surface area contributed by atoms with E-state index < -0.39 is 23.6 Å². The summed E-state index contributed by atoms with van der Waals surface area (Å²) in [7, 11) is 0. The lowest BCUT2D eigenvalue weighted by Gasteiger charge is -2.41. The highest BCUT2D eigenvalue weighted by molar-refractivity contribution is 6.24. The van der Waals surface area contributed by atoms with Crippen LogP contribution in [0.4, 0.5) is 13.2 Å². The van der Waals surface area contributed by atoms with E-state index in [9.17, 15) is 13.2 Å². The number of halogens is 4. The van der Waals surface area contributed by atoms with Gasteiger partial charge < -0.3 is 5.11 Å². The fourth-order valence-electron chi connectivity index (χ4n) is 0.620. The molecule has 1 aliphatic carbocycles. The minimum atomic E-state index is -3.77. The lowest BCUT2D eigenvalue weighted by Crippen LogP contribution is -2.61. The van der Waals surface area contributed by atoms with E-state index >= 15 is 0 Å². The van der Waals surface area contributed by atoms with Gasteiger partial charge in [-0.15, -0.1) is 0 Å². The lowest BCUT2D eigenvalue weighted by atomic mass is 9.88. The Morgan fingerprint density at radius 2 is 1.89 bits per heavy atom. The van der Waals surface area contributed by atoms with Crippen molar-refractivity contribution >= 4 is 11.6 Å². The van der Waals surface area contributed by atoms with Gasteiger partial charge in [-0.25, -0.2) is 4.39 Å². The molecule has 5 heteroatoms. The molecule has 1 fully saturated rings. The van der Waals surface area contributed by atoms with Crippen LogP contribution in [0.2, 0.25) is 0 Å². The van der Waals surface area contributed by atoms with E-state index in [1.165, 1.54) is 0 Å². The molecule has 0 aromatic heterocycles. The first-order valence-corrected chi connectivity index (χ1v) is 2.69. The summed E-state index contributed by atoms with van der Waals surface area (Å²) >= 11 is 4.61. The number of aliphatic hydroxyl groups is 1. The van der Waals surface area contributed by atoms with Crippen LogP contribution in [0.3, 0.4) is 0 Å². The number of rotatable bonds is 0. The Labute approximate surface area is 54.4 Å². The van der Waals surface area contributed by atoms with E-state index in [0.717, 1.165) is 0 Å². The molecule has 54 valence electrons. The molecule has 9 heavy (non-hydrogen) atoms. The summed E-state index contributed by atoms with van der Waals surface area (Å²) in [5.41, 5.74) is 0. The standard InChI is InChI=1S/C4H4ClF3O/c5-3(6)1-2(9)4(3,7)8/h2,9H,1H2/t2-,3+/m1/s1. The van der Waals surface area contributed by atoms with Crippen LogP contribution in [0, 0.1) is 0 Å². The second kappa shape index (κ2) is 1.55. The van der Waals surface area contributed by atoms with Crippen LogP contribution in [0.1, 0.15) is 6.42 Å². The van der Waals surface area contributed by atoms with E-state index in [2.05, 4.69) is 11.6 Å². The minimum absolute atomic E-state index is 0.693. The average molecular weight is 161 g/mol. The summed E-state index contributed by atoms with van der Waals surface area (Å²) in [6.07, 6.45) is -2.61. The SMILES string of the molecule is O[C@@H]1C[C@@](F)(Cl)C1(F)F. The van der Waals surface area contributed by atoms with Gasteiger partial charge in [0.1, 0.15) is 6.10 Å². The Kier molecular flexibility index (Phi) is 1.23. The zero-order chi connectivity index (χ0) is 7.28. The summed E-state index contributed by atoms with van der Waals surface area (Å²) in [6, 6.07) is 0. The molecule has 0 unspecified atom stereocenters. The van der Waals surface area contributed by atoms with E-state index in [0.29, 0.717) is 0 Å². The van der Waals surface area contributed by atoms with Crippen molar-refractivity contribution in [2.75, 3.05) is 0 Å². The van der Waals surface area contributed by atoms with Crippen LogP contribution in [-0.4, -0.2) is 22.3 Å². The van der Waals surface area contributed by atoms with Crippen molar-refractivity contribution in [1.82, 2.24) is 0 Å². The minimum Gasteiger partial charge on any atom is -0.386 e. The highest BCUT2D eigenvalue weighted by atomic mass is 35.5. The van der Waals surface area contributed by atoms with Crippen molar-refractivity contribution in [2.45, 2.75) is 23.6 Å². The second-order valence-corrected chi connectivity index (χ2v) is 2.65. The Morgan fingerprint density at radius 1 is 1.44 bits per heavy atom. The molecule has 2 atom stereocenters. The topological polar surface area (TPSA) is 20.2 Å². The van der Waals surface area contributed by atoms with Crippen LogP contribution >= 0.6 is 11.6 Å². The maximum Gasteiger partial charge on any atom is 0.320 e. The van der Waals surface area contributed by atoms with Gasteiger partial charge in [0.05, 0.1) is 0 Å². The summed E-state index contributed by atoms with van der Waals surface area (Å²) in [4.78, 5) is 0. The Balaban J connectivity index is 2.70. The Bertz CT molecular complexity index is 136. The Morgan fingerprint density at radius 3 is 1.89 bits per heavy atom. The molecule has 0 bridgehead atoms. The predicted molar refractivity (Wildman–Crippen MR) is 25.3 cm³/mol. The smallest absolute Gasteiger partial charge is 0.320 e. The van der Waals surface area contributed by atoms with Crippen molar-refractivity contribution in [3.8, 4) is 0 Å². The maximum atomic E-state index is 12.1. The third-order valence-corrected chi connectivity index (χ3v) is 1.76. The van der Waals surface area contributed by atoms with Gasteiger partial charge in [0.25, 0.3) is 5.13 Å².